The molecule has 2 aromatic rings. The van der Waals surface area contributed by atoms with E-state index in [1.54, 1.807) is 23.0 Å². The van der Waals surface area contributed by atoms with Crippen LogP contribution >= 0.6 is 0 Å². The smallest absolute Gasteiger partial charge is 0.255 e. The van der Waals surface area contributed by atoms with Crippen molar-refractivity contribution in [3.8, 4) is 5.88 Å². The number of primary amides is 1. The van der Waals surface area contributed by atoms with Gasteiger partial charge in [-0.05, 0) is 13.8 Å². The second-order valence-corrected chi connectivity index (χ2v) is 3.63. The fraction of sp³-hybridized carbons (Fsp3) is 0.300. The summed E-state index contributed by atoms with van der Waals surface area (Å²) in [5.41, 5.74) is 5.51. The fourth-order valence-corrected chi connectivity index (χ4v) is 1.32. The van der Waals surface area contributed by atoms with Crippen LogP contribution in [-0.4, -0.2) is 26.4 Å². The molecule has 2 heterocycles. The number of carbonyl (C=O) groups excluding carboxylic acids is 1. The predicted octanol–water partition coefficient (Wildman–Crippen LogP) is 0.615. The Balaban J connectivity index is 2.57. The van der Waals surface area contributed by atoms with E-state index in [2.05, 4.69) is 9.97 Å². The van der Waals surface area contributed by atoms with Crippen LogP contribution in [0.15, 0.2) is 18.6 Å². The first-order chi connectivity index (χ1) is 7.58. The average Bonchev–Trinajstić information content (AvgIpc) is 2.62. The van der Waals surface area contributed by atoms with Crippen molar-refractivity contribution >= 4 is 11.7 Å². The third-order valence-corrected chi connectivity index (χ3v) is 1.96. The highest BCUT2D eigenvalue weighted by Gasteiger charge is 2.14. The third kappa shape index (κ3) is 1.81. The van der Waals surface area contributed by atoms with Crippen LogP contribution in [0.3, 0.4) is 0 Å². The first-order valence-corrected chi connectivity index (χ1v) is 4.88. The van der Waals surface area contributed by atoms with Gasteiger partial charge in [0.25, 0.3) is 5.91 Å². The summed E-state index contributed by atoms with van der Waals surface area (Å²) in [7, 11) is 0. The van der Waals surface area contributed by atoms with E-state index in [0.29, 0.717) is 5.78 Å². The maximum absolute atomic E-state index is 11.2. The van der Waals surface area contributed by atoms with E-state index >= 15 is 0 Å². The second-order valence-electron chi connectivity index (χ2n) is 3.63. The van der Waals surface area contributed by atoms with Crippen molar-refractivity contribution < 1.29 is 9.53 Å². The Bertz CT molecular complexity index is 533. The summed E-state index contributed by atoms with van der Waals surface area (Å²) in [6.07, 6.45) is 4.76. The number of aromatic nitrogens is 3. The van der Waals surface area contributed by atoms with Gasteiger partial charge in [-0.25, -0.2) is 4.98 Å². The van der Waals surface area contributed by atoms with Gasteiger partial charge >= 0.3 is 0 Å². The van der Waals surface area contributed by atoms with Crippen molar-refractivity contribution in [2.24, 2.45) is 5.73 Å². The molecule has 0 saturated heterocycles. The Hall–Kier alpha value is -2.11. The number of ether oxygens (including phenoxy) is 1. The summed E-state index contributed by atoms with van der Waals surface area (Å²) >= 11 is 0. The average molecular weight is 220 g/mol. The molecular formula is C10H12N4O2. The molecule has 0 saturated carbocycles. The van der Waals surface area contributed by atoms with E-state index in [1.807, 2.05) is 13.8 Å². The summed E-state index contributed by atoms with van der Waals surface area (Å²) in [5, 5.41) is 0. The van der Waals surface area contributed by atoms with Crippen LogP contribution in [0.2, 0.25) is 0 Å². The molecule has 0 aliphatic carbocycles. The van der Waals surface area contributed by atoms with Crippen LogP contribution in [0.1, 0.15) is 24.2 Å². The van der Waals surface area contributed by atoms with E-state index in [9.17, 15) is 4.79 Å². The topological polar surface area (TPSA) is 82.5 Å². The number of rotatable bonds is 3. The molecule has 2 rings (SSSR count). The molecule has 0 radical (unpaired) electrons. The number of carbonyl (C=O) groups is 1. The number of nitrogens with two attached hydrogens (primary N) is 1. The first kappa shape index (κ1) is 10.4. The molecule has 6 nitrogen and oxygen atoms in total. The van der Waals surface area contributed by atoms with Crippen LogP contribution in [-0.2, 0) is 0 Å². The zero-order chi connectivity index (χ0) is 11.7. The lowest BCUT2D eigenvalue weighted by atomic mass is 10.3. The molecule has 2 aromatic heterocycles. The van der Waals surface area contributed by atoms with Gasteiger partial charge in [-0.2, -0.15) is 4.98 Å². The van der Waals surface area contributed by atoms with Gasteiger partial charge in [0, 0.05) is 18.6 Å². The lowest BCUT2D eigenvalue weighted by Gasteiger charge is -2.11. The zero-order valence-corrected chi connectivity index (χ0v) is 9.04. The molecule has 2 N–H and O–H groups in total. The molecule has 0 aliphatic rings. The summed E-state index contributed by atoms with van der Waals surface area (Å²) in [6.45, 7) is 3.70. The first-order valence-electron chi connectivity index (χ1n) is 4.88. The standard InChI is InChI=1S/C10H12N4O2/c1-6(2)16-9-7(8(11)15)5-14-4-3-12-10(14)13-9/h3-6H,1-2H3,(H2,11,15). The molecule has 84 valence electrons. The number of imidazole rings is 1. The SMILES string of the molecule is CC(C)Oc1nc2nccn2cc1C(N)=O. The van der Waals surface area contributed by atoms with Gasteiger partial charge in [-0.1, -0.05) is 0 Å². The van der Waals surface area contributed by atoms with E-state index < -0.39 is 5.91 Å². The van der Waals surface area contributed by atoms with E-state index in [-0.39, 0.29) is 17.5 Å². The molecule has 0 aliphatic heterocycles. The molecular weight excluding hydrogens is 208 g/mol. The highest BCUT2D eigenvalue weighted by molar-refractivity contribution is 5.94. The number of fused-ring (bicyclic) bond motifs is 1. The highest BCUT2D eigenvalue weighted by Crippen LogP contribution is 2.17. The molecule has 0 spiro atoms. The van der Waals surface area contributed by atoms with Gasteiger partial charge < -0.3 is 10.5 Å². The molecule has 6 heteroatoms. The quantitative estimate of drug-likeness (QED) is 0.821. The van der Waals surface area contributed by atoms with Crippen LogP contribution in [0.5, 0.6) is 5.88 Å². The van der Waals surface area contributed by atoms with Gasteiger partial charge in [-0.15, -0.1) is 0 Å². The van der Waals surface area contributed by atoms with Gasteiger partial charge in [0.05, 0.1) is 6.10 Å². The van der Waals surface area contributed by atoms with Crippen molar-refractivity contribution in [3.05, 3.63) is 24.2 Å². The summed E-state index contributed by atoms with van der Waals surface area (Å²) in [4.78, 5) is 19.4. The van der Waals surface area contributed by atoms with Gasteiger partial charge in [0.15, 0.2) is 0 Å². The fourth-order valence-electron chi connectivity index (χ4n) is 1.32. The Kier molecular flexibility index (Phi) is 2.47. The minimum atomic E-state index is -0.571. The maximum Gasteiger partial charge on any atom is 0.255 e. The van der Waals surface area contributed by atoms with Crippen molar-refractivity contribution in [3.63, 3.8) is 0 Å². The minimum Gasteiger partial charge on any atom is -0.474 e. The Labute approximate surface area is 92.1 Å². The number of hydrogen-bond donors (Lipinski definition) is 1. The summed E-state index contributed by atoms with van der Waals surface area (Å²) in [6, 6.07) is 0. The Morgan fingerprint density at radius 2 is 2.31 bits per heavy atom. The van der Waals surface area contributed by atoms with Crippen molar-refractivity contribution in [1.82, 2.24) is 14.4 Å². The minimum absolute atomic E-state index is 0.0805. The van der Waals surface area contributed by atoms with E-state index in [4.69, 9.17) is 10.5 Å². The number of nitrogens with zero attached hydrogens (tertiary/aromatic N) is 3. The third-order valence-electron chi connectivity index (χ3n) is 1.96. The molecule has 0 bridgehead atoms. The molecule has 0 fully saturated rings. The van der Waals surface area contributed by atoms with Gasteiger partial charge in [-0.3, -0.25) is 9.20 Å². The van der Waals surface area contributed by atoms with E-state index in [0.717, 1.165) is 0 Å². The second kappa shape index (κ2) is 3.80. The molecule has 1 amide bonds. The Morgan fingerprint density at radius 3 is 2.94 bits per heavy atom. The molecule has 16 heavy (non-hydrogen) atoms. The molecule has 0 atom stereocenters. The van der Waals surface area contributed by atoms with Gasteiger partial charge in [0.2, 0.25) is 11.7 Å². The van der Waals surface area contributed by atoms with Crippen LogP contribution < -0.4 is 10.5 Å². The van der Waals surface area contributed by atoms with E-state index in [1.165, 1.54) is 0 Å². The van der Waals surface area contributed by atoms with Gasteiger partial charge in [0.1, 0.15) is 5.56 Å². The van der Waals surface area contributed by atoms with Crippen LogP contribution in [0, 0.1) is 0 Å². The molecule has 0 unspecified atom stereocenters. The van der Waals surface area contributed by atoms with Crippen molar-refractivity contribution in [1.29, 1.82) is 0 Å². The maximum atomic E-state index is 11.2. The lowest BCUT2D eigenvalue weighted by molar-refractivity contribution is 0.0993. The largest absolute Gasteiger partial charge is 0.474 e. The Morgan fingerprint density at radius 1 is 1.56 bits per heavy atom. The number of hydrogen-bond acceptors (Lipinski definition) is 4. The number of amides is 1. The normalized spacial score (nSPS) is 10.9. The summed E-state index contributed by atoms with van der Waals surface area (Å²) in [5.74, 6) is 0.126. The van der Waals surface area contributed by atoms with Crippen LogP contribution in [0.25, 0.3) is 5.78 Å². The van der Waals surface area contributed by atoms with Crippen molar-refractivity contribution in [2.45, 2.75) is 20.0 Å². The predicted molar refractivity (Wildman–Crippen MR) is 57.3 cm³/mol. The van der Waals surface area contributed by atoms with Crippen LogP contribution in [0.4, 0.5) is 0 Å². The zero-order valence-electron chi connectivity index (χ0n) is 9.04. The molecule has 0 aromatic carbocycles. The lowest BCUT2D eigenvalue weighted by Crippen LogP contribution is -2.17. The van der Waals surface area contributed by atoms with Crippen molar-refractivity contribution in [2.75, 3.05) is 0 Å². The highest BCUT2D eigenvalue weighted by atomic mass is 16.5. The summed E-state index contributed by atoms with van der Waals surface area (Å²) < 4.78 is 7.04. The monoisotopic (exact) mass is 220 g/mol.